The van der Waals surface area contributed by atoms with Gasteiger partial charge in [-0.05, 0) is 24.7 Å². The monoisotopic (exact) mass is 95.1 g/mol. The molecule has 0 amide bonds. The zero-order valence-electron chi connectivity index (χ0n) is 4.22. The fourth-order valence-corrected chi connectivity index (χ4v) is 2.14. The van der Waals surface area contributed by atoms with Gasteiger partial charge in [0.1, 0.15) is 0 Å². The molecule has 1 saturated heterocycles. The van der Waals surface area contributed by atoms with Crippen LogP contribution in [-0.4, -0.2) is 12.1 Å². The first kappa shape index (κ1) is 3.08. The van der Waals surface area contributed by atoms with E-state index in [0.29, 0.717) is 0 Å². The third-order valence-electron chi connectivity index (χ3n) is 2.73. The van der Waals surface area contributed by atoms with Crippen LogP contribution in [0.3, 0.4) is 0 Å². The van der Waals surface area contributed by atoms with Gasteiger partial charge in [-0.25, -0.2) is 0 Å². The fraction of sp³-hybridized carbons (Fsp3) is 1.00. The van der Waals surface area contributed by atoms with E-state index in [2.05, 4.69) is 5.32 Å². The Morgan fingerprint density at radius 3 is 2.71 bits per heavy atom. The number of hydrogen-bond acceptors (Lipinski definition) is 1. The minimum absolute atomic E-state index is 0.990. The summed E-state index contributed by atoms with van der Waals surface area (Å²) < 4.78 is 0. The van der Waals surface area contributed by atoms with E-state index in [4.69, 9.17) is 0 Å². The summed E-state index contributed by atoms with van der Waals surface area (Å²) in [5, 5.41) is 3.46. The van der Waals surface area contributed by atoms with Crippen LogP contribution >= 0.6 is 0 Å². The van der Waals surface area contributed by atoms with Crippen molar-refractivity contribution in [1.29, 1.82) is 0 Å². The van der Waals surface area contributed by atoms with Crippen molar-refractivity contribution in [2.75, 3.05) is 0 Å². The summed E-state index contributed by atoms with van der Waals surface area (Å²) in [6.07, 6.45) is 3.06. The van der Waals surface area contributed by atoms with Gasteiger partial charge in [-0.2, -0.15) is 0 Å². The Bertz CT molecular complexity index is 107. The average molecular weight is 95.1 g/mol. The van der Waals surface area contributed by atoms with E-state index >= 15 is 0 Å². The van der Waals surface area contributed by atoms with Crippen LogP contribution in [0.4, 0.5) is 0 Å². The molecular weight excluding hydrogens is 86.1 g/mol. The predicted molar refractivity (Wildman–Crippen MR) is 26.9 cm³/mol. The summed E-state index contributed by atoms with van der Waals surface area (Å²) in [5.41, 5.74) is 0. The molecule has 1 heterocycles. The zero-order valence-corrected chi connectivity index (χ0v) is 4.22. The molecule has 7 heavy (non-hydrogen) atoms. The minimum Gasteiger partial charge on any atom is -0.308 e. The van der Waals surface area contributed by atoms with Gasteiger partial charge in [0.25, 0.3) is 0 Å². The Balaban J connectivity index is 2.02. The first-order chi connectivity index (χ1) is 3.45. The average Bonchev–Trinajstić information content (AvgIpc) is 2.47. The third-order valence-corrected chi connectivity index (χ3v) is 2.73. The molecule has 1 aliphatic heterocycles. The smallest absolute Gasteiger partial charge is 0.0255 e. The number of hydrogen-bond donors (Lipinski definition) is 1. The van der Waals surface area contributed by atoms with Gasteiger partial charge in [0.05, 0.1) is 0 Å². The second-order valence-electron chi connectivity index (χ2n) is 3.19. The highest BCUT2D eigenvalue weighted by Crippen LogP contribution is 2.57. The highest BCUT2D eigenvalue weighted by molar-refractivity contribution is 5.18. The zero-order chi connectivity index (χ0) is 4.43. The van der Waals surface area contributed by atoms with Crippen molar-refractivity contribution in [2.24, 2.45) is 11.8 Å². The van der Waals surface area contributed by atoms with Crippen LogP contribution in [0.15, 0.2) is 0 Å². The largest absolute Gasteiger partial charge is 0.308 e. The van der Waals surface area contributed by atoms with Crippen LogP contribution in [0.25, 0.3) is 0 Å². The van der Waals surface area contributed by atoms with Gasteiger partial charge in [0.15, 0.2) is 0 Å². The van der Waals surface area contributed by atoms with Crippen molar-refractivity contribution >= 4 is 0 Å². The van der Waals surface area contributed by atoms with Crippen LogP contribution in [0.1, 0.15) is 12.8 Å². The summed E-state index contributed by atoms with van der Waals surface area (Å²) >= 11 is 0. The quantitative estimate of drug-likeness (QED) is 0.431. The van der Waals surface area contributed by atoms with Crippen LogP contribution in [0.2, 0.25) is 0 Å². The number of nitrogens with one attached hydrogen (secondary N) is 1. The Labute approximate surface area is 43.1 Å². The van der Waals surface area contributed by atoms with Gasteiger partial charge >= 0.3 is 0 Å². The minimum atomic E-state index is 0.990. The standard InChI is InChI=1S/C6H9N/c1-3-2-5-6(7-5)4(1)3/h3-7H,1-2H2. The lowest BCUT2D eigenvalue weighted by Crippen LogP contribution is -1.92. The molecule has 0 aromatic rings. The molecular formula is C6H9N. The van der Waals surface area contributed by atoms with Gasteiger partial charge in [0.2, 0.25) is 0 Å². The van der Waals surface area contributed by atoms with Gasteiger partial charge in [-0.1, -0.05) is 0 Å². The van der Waals surface area contributed by atoms with Crippen LogP contribution in [-0.2, 0) is 0 Å². The summed E-state index contributed by atoms with van der Waals surface area (Å²) in [4.78, 5) is 0. The van der Waals surface area contributed by atoms with E-state index in [0.717, 1.165) is 18.0 Å². The van der Waals surface area contributed by atoms with E-state index in [1.165, 1.54) is 12.3 Å². The van der Waals surface area contributed by atoms with Gasteiger partial charge in [-0.15, -0.1) is 0 Å². The van der Waals surface area contributed by atoms with E-state index < -0.39 is 0 Å². The van der Waals surface area contributed by atoms with Crippen LogP contribution < -0.4 is 5.32 Å². The second-order valence-corrected chi connectivity index (χ2v) is 3.19. The normalized spacial score (nSPS) is 72.0. The van der Waals surface area contributed by atoms with Crippen molar-refractivity contribution in [3.63, 3.8) is 0 Å². The second kappa shape index (κ2) is 0.655. The third kappa shape index (κ3) is 0.235. The first-order valence-corrected chi connectivity index (χ1v) is 3.21. The molecule has 1 heteroatoms. The van der Waals surface area contributed by atoms with Gasteiger partial charge < -0.3 is 5.32 Å². The fourth-order valence-electron chi connectivity index (χ4n) is 2.14. The molecule has 0 bridgehead atoms. The maximum absolute atomic E-state index is 3.46. The number of piperidine rings is 1. The van der Waals surface area contributed by atoms with Crippen molar-refractivity contribution in [3.8, 4) is 0 Å². The van der Waals surface area contributed by atoms with E-state index in [-0.39, 0.29) is 0 Å². The van der Waals surface area contributed by atoms with E-state index in [1.807, 2.05) is 0 Å². The molecule has 1 nitrogen and oxygen atoms in total. The highest BCUT2D eigenvalue weighted by atomic mass is 15.2. The van der Waals surface area contributed by atoms with Crippen molar-refractivity contribution in [3.05, 3.63) is 0 Å². The van der Waals surface area contributed by atoms with Gasteiger partial charge in [-0.3, -0.25) is 0 Å². The van der Waals surface area contributed by atoms with Gasteiger partial charge in [0, 0.05) is 12.1 Å². The summed E-state index contributed by atoms with van der Waals surface area (Å²) in [6.45, 7) is 0. The molecule has 3 rings (SSSR count). The summed E-state index contributed by atoms with van der Waals surface area (Å²) in [6, 6.07) is 1.99. The molecule has 2 aliphatic carbocycles. The highest BCUT2D eigenvalue weighted by Gasteiger charge is 2.61. The van der Waals surface area contributed by atoms with Crippen LogP contribution in [0.5, 0.6) is 0 Å². The lowest BCUT2D eigenvalue weighted by atomic mass is 10.3. The topological polar surface area (TPSA) is 21.9 Å². The van der Waals surface area contributed by atoms with Crippen molar-refractivity contribution < 1.29 is 0 Å². The lowest BCUT2D eigenvalue weighted by Gasteiger charge is -1.82. The first-order valence-electron chi connectivity index (χ1n) is 3.21. The summed E-state index contributed by atoms with van der Waals surface area (Å²) in [5.74, 6) is 2.32. The Kier molecular flexibility index (Phi) is 0.288. The molecule has 3 fully saturated rings. The molecule has 0 radical (unpaired) electrons. The summed E-state index contributed by atoms with van der Waals surface area (Å²) in [7, 11) is 0. The molecule has 4 unspecified atom stereocenters. The molecule has 0 aromatic carbocycles. The molecule has 0 spiro atoms. The van der Waals surface area contributed by atoms with Crippen molar-refractivity contribution in [1.82, 2.24) is 5.32 Å². The van der Waals surface area contributed by atoms with E-state index in [9.17, 15) is 0 Å². The maximum atomic E-state index is 3.46. The number of rotatable bonds is 0. The Morgan fingerprint density at radius 1 is 1.29 bits per heavy atom. The van der Waals surface area contributed by atoms with E-state index in [1.54, 1.807) is 6.42 Å². The number of fused-ring (bicyclic) bond motifs is 3. The molecule has 2 saturated carbocycles. The SMILES string of the molecule is C1C2CC2C2NC12. The lowest BCUT2D eigenvalue weighted by molar-refractivity contribution is 0.703. The molecule has 4 atom stereocenters. The molecule has 38 valence electrons. The van der Waals surface area contributed by atoms with Crippen LogP contribution in [0, 0.1) is 11.8 Å². The Hall–Kier alpha value is -0.0400. The molecule has 0 aromatic heterocycles. The Morgan fingerprint density at radius 2 is 2.29 bits per heavy atom. The molecule has 1 N–H and O–H groups in total. The van der Waals surface area contributed by atoms with Crippen molar-refractivity contribution in [2.45, 2.75) is 24.9 Å². The molecule has 3 aliphatic rings. The maximum Gasteiger partial charge on any atom is 0.0255 e. The predicted octanol–water partition coefficient (Wildman–Crippen LogP) is 0.367.